The summed E-state index contributed by atoms with van der Waals surface area (Å²) in [5.74, 6) is -0.0675. The van der Waals surface area contributed by atoms with Gasteiger partial charge in [0, 0.05) is 23.3 Å². The van der Waals surface area contributed by atoms with E-state index in [1.807, 2.05) is 6.08 Å². The van der Waals surface area contributed by atoms with E-state index in [2.05, 4.69) is 53.7 Å². The van der Waals surface area contributed by atoms with Gasteiger partial charge in [-0.05, 0) is 91.6 Å². The van der Waals surface area contributed by atoms with Gasteiger partial charge in [0.2, 0.25) is 0 Å². The molecule has 6 heteroatoms. The van der Waals surface area contributed by atoms with Gasteiger partial charge in [-0.3, -0.25) is 9.59 Å². The van der Waals surface area contributed by atoms with Crippen LogP contribution in [-0.4, -0.2) is 35.7 Å². The van der Waals surface area contributed by atoms with Crippen LogP contribution in [0.5, 0.6) is 0 Å². The molecule has 1 N–H and O–H groups in total. The van der Waals surface area contributed by atoms with Crippen molar-refractivity contribution in [1.29, 1.82) is 0 Å². The van der Waals surface area contributed by atoms with Crippen LogP contribution in [0, 0.1) is 39.4 Å². The van der Waals surface area contributed by atoms with Gasteiger partial charge in [-0.15, -0.1) is 0 Å². The third-order valence-electron chi connectivity index (χ3n) is 11.9. The molecule has 0 aromatic rings. The molecule has 2 saturated carbocycles. The van der Waals surface area contributed by atoms with Gasteiger partial charge in [0.25, 0.3) is 6.47 Å². The Morgan fingerprint density at radius 3 is 2.41 bits per heavy atom. The highest BCUT2D eigenvalue weighted by Gasteiger charge is 2.67. The number of allylic oxidation sites excluding steroid dienone is 4. The van der Waals surface area contributed by atoms with Crippen LogP contribution in [-0.2, 0) is 23.9 Å². The molecule has 216 valence electrons. The van der Waals surface area contributed by atoms with Crippen LogP contribution in [0.2, 0.25) is 0 Å². The smallest absolute Gasteiger partial charge is 0.330 e. The summed E-state index contributed by atoms with van der Waals surface area (Å²) in [6.07, 6.45) is 12.5. The minimum absolute atomic E-state index is 0.0374. The number of hydrogen-bond donors (Lipinski definition) is 1. The van der Waals surface area contributed by atoms with Crippen LogP contribution in [0.3, 0.4) is 0 Å². The molecule has 0 spiro atoms. The molecule has 0 bridgehead atoms. The summed E-state index contributed by atoms with van der Waals surface area (Å²) in [7, 11) is 0. The first-order valence-electron chi connectivity index (χ1n) is 14.7. The molecule has 8 atom stereocenters. The van der Waals surface area contributed by atoms with Gasteiger partial charge in [0.05, 0.1) is 0 Å². The lowest BCUT2D eigenvalue weighted by molar-refractivity contribution is -0.156. The van der Waals surface area contributed by atoms with Crippen molar-refractivity contribution in [3.63, 3.8) is 0 Å². The van der Waals surface area contributed by atoms with E-state index >= 15 is 0 Å². The lowest BCUT2D eigenvalue weighted by Crippen LogP contribution is -2.56. The van der Waals surface area contributed by atoms with Gasteiger partial charge >= 0.3 is 11.9 Å². The van der Waals surface area contributed by atoms with Gasteiger partial charge < -0.3 is 14.6 Å². The molecule has 0 aromatic heterocycles. The first kappa shape index (κ1) is 29.6. The molecule has 4 aliphatic rings. The van der Waals surface area contributed by atoms with Crippen molar-refractivity contribution < 1.29 is 29.0 Å². The van der Waals surface area contributed by atoms with E-state index in [0.717, 1.165) is 44.9 Å². The minimum Gasteiger partial charge on any atom is -0.478 e. The maximum atomic E-state index is 12.4. The molecule has 0 saturated heterocycles. The summed E-state index contributed by atoms with van der Waals surface area (Å²) in [5.41, 5.74) is 2.54. The molecule has 39 heavy (non-hydrogen) atoms. The maximum absolute atomic E-state index is 12.4. The molecule has 6 nitrogen and oxygen atoms in total. The number of carbonyl (C=O) groups excluding carboxylic acids is 2. The second kappa shape index (κ2) is 10.2. The standard InChI is InChI=1S/C33H48O6/c1-20(10-9-11-21(2)29(36)37)25-18-28(39-22(3)35)33(8)24-12-13-26-30(4,5)27(38-19-34)15-16-31(26,6)23(24)14-17-32(25,33)7/h11-12,14,19-20,25-28H,9-10,13,15-18H2,1-8H3,(H,36,37)/b21-11+/t20-,25-,26+,27+,28+,31-,32-,33-/m1/s1. The molecular weight excluding hydrogens is 492 g/mol. The average Bonchev–Trinajstić information content (AvgIpc) is 3.07. The van der Waals surface area contributed by atoms with E-state index in [1.54, 1.807) is 6.92 Å². The zero-order valence-electron chi connectivity index (χ0n) is 25.1. The third-order valence-corrected chi connectivity index (χ3v) is 11.9. The van der Waals surface area contributed by atoms with Gasteiger partial charge in [-0.2, -0.15) is 0 Å². The van der Waals surface area contributed by atoms with Crippen LogP contribution in [0.4, 0.5) is 0 Å². The van der Waals surface area contributed by atoms with Crippen molar-refractivity contribution in [2.75, 3.05) is 0 Å². The second-order valence-corrected chi connectivity index (χ2v) is 14.0. The molecule has 0 aromatic carbocycles. The van der Waals surface area contributed by atoms with E-state index in [4.69, 9.17) is 9.47 Å². The maximum Gasteiger partial charge on any atom is 0.330 e. The predicted octanol–water partition coefficient (Wildman–Crippen LogP) is 7.04. The van der Waals surface area contributed by atoms with Crippen molar-refractivity contribution in [1.82, 2.24) is 0 Å². The summed E-state index contributed by atoms with van der Waals surface area (Å²) in [4.78, 5) is 34.9. The molecule has 4 aliphatic carbocycles. The summed E-state index contributed by atoms with van der Waals surface area (Å²) in [6, 6.07) is 0. The highest BCUT2D eigenvalue weighted by atomic mass is 16.5. The number of hydrogen-bond acceptors (Lipinski definition) is 5. The average molecular weight is 541 g/mol. The highest BCUT2D eigenvalue weighted by Crippen LogP contribution is 2.72. The Morgan fingerprint density at radius 1 is 1.10 bits per heavy atom. The van der Waals surface area contributed by atoms with Crippen LogP contribution < -0.4 is 0 Å². The predicted molar refractivity (Wildman–Crippen MR) is 151 cm³/mol. The highest BCUT2D eigenvalue weighted by molar-refractivity contribution is 5.85. The quantitative estimate of drug-likeness (QED) is 0.202. The van der Waals surface area contributed by atoms with E-state index < -0.39 is 5.97 Å². The largest absolute Gasteiger partial charge is 0.478 e. The minimum atomic E-state index is -0.867. The van der Waals surface area contributed by atoms with Crippen LogP contribution in [0.1, 0.15) is 100 Å². The normalized spacial score (nSPS) is 39.7. The summed E-state index contributed by atoms with van der Waals surface area (Å²) < 4.78 is 11.7. The molecule has 0 radical (unpaired) electrons. The van der Waals surface area contributed by atoms with E-state index in [1.165, 1.54) is 18.1 Å². The summed E-state index contributed by atoms with van der Waals surface area (Å²) in [6.45, 7) is 17.6. The molecule has 0 aliphatic heterocycles. The zero-order valence-corrected chi connectivity index (χ0v) is 25.1. The van der Waals surface area contributed by atoms with Gasteiger partial charge in [0.15, 0.2) is 0 Å². The SMILES string of the molecule is CC(=O)O[C@H]1C[C@H]([C@H](C)CC/C=C(\C)C(=O)O)[C@@]2(C)CC=C3C(=CC[C@H]4C(C)(C)[C@@H](OC=O)CC[C@]34C)[C@]12C. The Morgan fingerprint density at radius 2 is 1.79 bits per heavy atom. The zero-order chi connectivity index (χ0) is 29.0. The Balaban J connectivity index is 1.72. The first-order valence-corrected chi connectivity index (χ1v) is 14.7. The fourth-order valence-electron chi connectivity index (χ4n) is 9.42. The lowest BCUT2D eigenvalue weighted by atomic mass is 9.44. The number of rotatable bonds is 8. The van der Waals surface area contributed by atoms with E-state index in [0.29, 0.717) is 29.8 Å². The third kappa shape index (κ3) is 4.50. The number of carboxylic acids is 1. The molecule has 0 unspecified atom stereocenters. The second-order valence-electron chi connectivity index (χ2n) is 14.0. The van der Waals surface area contributed by atoms with Gasteiger partial charge in [0.1, 0.15) is 12.2 Å². The Kier molecular flexibility index (Phi) is 7.77. The fourth-order valence-corrected chi connectivity index (χ4v) is 9.42. The number of ether oxygens (including phenoxy) is 2. The molecule has 2 fully saturated rings. The topological polar surface area (TPSA) is 89.9 Å². The number of carbonyl (C=O) groups is 3. The van der Waals surface area contributed by atoms with Crippen molar-refractivity contribution in [2.24, 2.45) is 39.4 Å². The van der Waals surface area contributed by atoms with Crippen LogP contribution >= 0.6 is 0 Å². The van der Waals surface area contributed by atoms with E-state index in [9.17, 15) is 19.5 Å². The Bertz CT molecular complexity index is 1110. The van der Waals surface area contributed by atoms with E-state index in [-0.39, 0.29) is 39.8 Å². The van der Waals surface area contributed by atoms with Crippen molar-refractivity contribution in [3.8, 4) is 0 Å². The van der Waals surface area contributed by atoms with Crippen molar-refractivity contribution in [2.45, 2.75) is 113 Å². The monoisotopic (exact) mass is 540 g/mol. The van der Waals surface area contributed by atoms with Gasteiger partial charge in [-0.25, -0.2) is 4.79 Å². The van der Waals surface area contributed by atoms with Crippen LogP contribution in [0.15, 0.2) is 34.9 Å². The summed E-state index contributed by atoms with van der Waals surface area (Å²) >= 11 is 0. The summed E-state index contributed by atoms with van der Waals surface area (Å²) in [5, 5.41) is 9.24. The number of fused-ring (bicyclic) bond motifs is 5. The number of aliphatic carboxylic acids is 1. The Hall–Kier alpha value is -2.37. The number of carboxylic acid groups (broad SMARTS) is 1. The first-order chi connectivity index (χ1) is 18.1. The molecule has 4 rings (SSSR count). The number of esters is 1. The van der Waals surface area contributed by atoms with Gasteiger partial charge in [-0.1, -0.05) is 59.8 Å². The Labute approximate surface area is 234 Å². The molecular formula is C33H48O6. The molecule has 0 heterocycles. The molecule has 0 amide bonds. The fraction of sp³-hybridized carbons (Fsp3) is 0.727. The lowest BCUT2D eigenvalue weighted by Gasteiger charge is -2.61. The van der Waals surface area contributed by atoms with Crippen molar-refractivity contribution in [3.05, 3.63) is 34.9 Å². The van der Waals surface area contributed by atoms with Crippen LogP contribution in [0.25, 0.3) is 0 Å². The van der Waals surface area contributed by atoms with Crippen molar-refractivity contribution >= 4 is 18.4 Å².